The number of hydrogen-bond donors (Lipinski definition) is 2. The van der Waals surface area contributed by atoms with Gasteiger partial charge >= 0.3 is 0 Å². The molecule has 0 spiro atoms. The van der Waals surface area contributed by atoms with Crippen LogP contribution in [0.1, 0.15) is 31.2 Å². The Balaban J connectivity index is 2.18. The lowest BCUT2D eigenvalue weighted by Gasteiger charge is -2.31. The van der Waals surface area contributed by atoms with Crippen molar-refractivity contribution in [1.29, 1.82) is 0 Å². The van der Waals surface area contributed by atoms with Crippen molar-refractivity contribution in [2.24, 2.45) is 0 Å². The second-order valence-electron chi connectivity index (χ2n) is 5.45. The van der Waals surface area contributed by atoms with Crippen molar-refractivity contribution in [3.05, 3.63) is 22.2 Å². The molecule has 0 aromatic heterocycles. The Labute approximate surface area is 117 Å². The topological polar surface area (TPSA) is 49.5 Å². The number of nitrogens with zero attached hydrogens (tertiary/aromatic N) is 1. The van der Waals surface area contributed by atoms with E-state index < -0.39 is 5.60 Å². The number of aliphatic hydroxyl groups is 1. The Morgan fingerprint density at radius 3 is 2.61 bits per heavy atom. The molecule has 1 aromatic carbocycles. The Hall–Kier alpha value is -0.740. The van der Waals surface area contributed by atoms with Crippen molar-refractivity contribution in [3.63, 3.8) is 0 Å². The fraction of sp³-hybridized carbons (Fsp3) is 0.571. The molecule has 0 saturated heterocycles. The van der Waals surface area contributed by atoms with E-state index in [1.807, 2.05) is 20.0 Å². The highest BCUT2D eigenvalue weighted by molar-refractivity contribution is 9.10. The van der Waals surface area contributed by atoms with Gasteiger partial charge < -0.3 is 15.7 Å². The van der Waals surface area contributed by atoms with Gasteiger partial charge in [0.25, 0.3) is 0 Å². The maximum atomic E-state index is 10.5. The smallest absolute Gasteiger partial charge is 0.0821 e. The fourth-order valence-electron chi connectivity index (χ4n) is 2.69. The highest BCUT2D eigenvalue weighted by Crippen LogP contribution is 2.34. The van der Waals surface area contributed by atoms with Crippen molar-refractivity contribution >= 4 is 27.3 Å². The van der Waals surface area contributed by atoms with Gasteiger partial charge in [0.2, 0.25) is 0 Å². The van der Waals surface area contributed by atoms with Crippen molar-refractivity contribution in [2.75, 3.05) is 24.2 Å². The SMILES string of the molecule is Cc1cc(N(C)CC2(O)CCCC2)c(Br)cc1N. The zero-order valence-electron chi connectivity index (χ0n) is 11.0. The second kappa shape index (κ2) is 5.10. The molecule has 18 heavy (non-hydrogen) atoms. The molecule has 0 heterocycles. The van der Waals surface area contributed by atoms with Gasteiger partial charge in [-0.1, -0.05) is 12.8 Å². The summed E-state index contributed by atoms with van der Waals surface area (Å²) in [7, 11) is 2.02. The maximum Gasteiger partial charge on any atom is 0.0821 e. The molecule has 2 rings (SSSR count). The minimum absolute atomic E-state index is 0.524. The van der Waals surface area contributed by atoms with E-state index in [1.165, 1.54) is 0 Å². The summed E-state index contributed by atoms with van der Waals surface area (Å²) in [5, 5.41) is 10.5. The van der Waals surface area contributed by atoms with Crippen molar-refractivity contribution < 1.29 is 5.11 Å². The van der Waals surface area contributed by atoms with Gasteiger partial charge in [-0.25, -0.2) is 0 Å². The molecular weight excluding hydrogens is 292 g/mol. The number of anilines is 2. The molecule has 1 aliphatic carbocycles. The largest absolute Gasteiger partial charge is 0.398 e. The molecular formula is C14H21BrN2O. The molecule has 100 valence electrons. The number of aryl methyl sites for hydroxylation is 1. The second-order valence-corrected chi connectivity index (χ2v) is 6.30. The maximum absolute atomic E-state index is 10.5. The van der Waals surface area contributed by atoms with E-state index in [2.05, 4.69) is 26.9 Å². The molecule has 0 radical (unpaired) electrons. The third-order valence-corrected chi connectivity index (χ3v) is 4.45. The highest BCUT2D eigenvalue weighted by Gasteiger charge is 2.32. The molecule has 0 aliphatic heterocycles. The van der Waals surface area contributed by atoms with E-state index in [1.54, 1.807) is 0 Å². The first-order valence-electron chi connectivity index (χ1n) is 6.40. The number of benzene rings is 1. The van der Waals surface area contributed by atoms with Crippen LogP contribution < -0.4 is 10.6 Å². The number of hydrogen-bond acceptors (Lipinski definition) is 3. The molecule has 3 nitrogen and oxygen atoms in total. The van der Waals surface area contributed by atoms with E-state index in [0.717, 1.165) is 47.1 Å². The van der Waals surface area contributed by atoms with Crippen LogP contribution in [-0.2, 0) is 0 Å². The lowest BCUT2D eigenvalue weighted by Crippen LogP contribution is -2.39. The van der Waals surface area contributed by atoms with Gasteiger partial charge in [0.15, 0.2) is 0 Å². The monoisotopic (exact) mass is 312 g/mol. The summed E-state index contributed by atoms with van der Waals surface area (Å²) in [4.78, 5) is 2.11. The standard InChI is InChI=1S/C14H21BrN2O/c1-10-7-13(11(15)8-12(10)16)17(2)9-14(18)5-3-4-6-14/h7-8,18H,3-6,9,16H2,1-2H3. The molecule has 1 aromatic rings. The summed E-state index contributed by atoms with van der Waals surface area (Å²) in [5.41, 5.74) is 8.30. The minimum Gasteiger partial charge on any atom is -0.398 e. The number of nitrogens with two attached hydrogens (primary N) is 1. The Kier molecular flexibility index (Phi) is 3.87. The Bertz CT molecular complexity index is 442. The van der Waals surface area contributed by atoms with Gasteiger partial charge in [0, 0.05) is 23.8 Å². The molecule has 0 amide bonds. The molecule has 1 aliphatic rings. The molecule has 0 bridgehead atoms. The highest BCUT2D eigenvalue weighted by atomic mass is 79.9. The first-order valence-corrected chi connectivity index (χ1v) is 7.20. The number of halogens is 1. The van der Waals surface area contributed by atoms with Gasteiger partial charge in [-0.3, -0.25) is 0 Å². The molecule has 0 atom stereocenters. The van der Waals surface area contributed by atoms with Crippen LogP contribution in [0.15, 0.2) is 16.6 Å². The Morgan fingerprint density at radius 2 is 2.00 bits per heavy atom. The first-order chi connectivity index (χ1) is 8.41. The summed E-state index contributed by atoms with van der Waals surface area (Å²) in [6, 6.07) is 4.00. The van der Waals surface area contributed by atoms with Gasteiger partial charge in [0.05, 0.1) is 11.3 Å². The zero-order valence-corrected chi connectivity index (χ0v) is 12.6. The number of rotatable bonds is 3. The van der Waals surface area contributed by atoms with Crippen LogP contribution in [0.2, 0.25) is 0 Å². The Morgan fingerprint density at radius 1 is 1.39 bits per heavy atom. The zero-order chi connectivity index (χ0) is 13.3. The van der Waals surface area contributed by atoms with Crippen LogP contribution in [0.25, 0.3) is 0 Å². The number of likely N-dealkylation sites (N-methyl/N-ethyl adjacent to an activating group) is 1. The van der Waals surface area contributed by atoms with Crippen LogP contribution >= 0.6 is 15.9 Å². The van der Waals surface area contributed by atoms with E-state index in [-0.39, 0.29) is 0 Å². The van der Waals surface area contributed by atoms with Crippen LogP contribution in [0.3, 0.4) is 0 Å². The van der Waals surface area contributed by atoms with Crippen molar-refractivity contribution in [3.8, 4) is 0 Å². The van der Waals surface area contributed by atoms with E-state index in [4.69, 9.17) is 5.73 Å². The van der Waals surface area contributed by atoms with Gasteiger partial charge in [-0.05, 0) is 53.4 Å². The normalized spacial score (nSPS) is 18.0. The molecule has 1 saturated carbocycles. The van der Waals surface area contributed by atoms with Crippen molar-refractivity contribution in [2.45, 2.75) is 38.2 Å². The quantitative estimate of drug-likeness (QED) is 0.843. The minimum atomic E-state index is -0.524. The summed E-state index contributed by atoms with van der Waals surface area (Å²) in [6.45, 7) is 2.68. The van der Waals surface area contributed by atoms with Crippen LogP contribution in [0.4, 0.5) is 11.4 Å². The summed E-state index contributed by atoms with van der Waals surface area (Å²) in [6.07, 6.45) is 4.07. The number of nitrogen functional groups attached to an aromatic ring is 1. The first kappa shape index (κ1) is 13.7. The van der Waals surface area contributed by atoms with E-state index >= 15 is 0 Å². The van der Waals surface area contributed by atoms with Gasteiger partial charge in [0.1, 0.15) is 0 Å². The van der Waals surface area contributed by atoms with E-state index in [0.29, 0.717) is 6.54 Å². The summed E-state index contributed by atoms with van der Waals surface area (Å²) >= 11 is 3.55. The lowest BCUT2D eigenvalue weighted by molar-refractivity contribution is 0.0559. The predicted octanol–water partition coefficient (Wildman–Crippen LogP) is 3.08. The van der Waals surface area contributed by atoms with Gasteiger partial charge in [-0.2, -0.15) is 0 Å². The van der Waals surface area contributed by atoms with E-state index in [9.17, 15) is 5.11 Å². The molecule has 0 unspecified atom stereocenters. The van der Waals surface area contributed by atoms with Crippen molar-refractivity contribution in [1.82, 2.24) is 0 Å². The van der Waals surface area contributed by atoms with Crippen LogP contribution in [0, 0.1) is 6.92 Å². The predicted molar refractivity (Wildman–Crippen MR) is 80.0 cm³/mol. The fourth-order valence-corrected chi connectivity index (χ4v) is 3.36. The average Bonchev–Trinajstić information content (AvgIpc) is 2.70. The molecule has 3 N–H and O–H groups in total. The average molecular weight is 313 g/mol. The molecule has 1 fully saturated rings. The molecule has 4 heteroatoms. The van der Waals surface area contributed by atoms with Crippen LogP contribution in [-0.4, -0.2) is 24.3 Å². The lowest BCUT2D eigenvalue weighted by atomic mass is 10.0. The third kappa shape index (κ3) is 2.81. The summed E-state index contributed by atoms with van der Waals surface area (Å²) in [5.74, 6) is 0. The third-order valence-electron chi connectivity index (χ3n) is 3.81. The summed E-state index contributed by atoms with van der Waals surface area (Å²) < 4.78 is 0.981. The van der Waals surface area contributed by atoms with Gasteiger partial charge in [-0.15, -0.1) is 0 Å². The van der Waals surface area contributed by atoms with Crippen LogP contribution in [0.5, 0.6) is 0 Å².